The molecule has 158 valence electrons. The summed E-state index contributed by atoms with van der Waals surface area (Å²) in [5, 5.41) is 12.1. The molecule has 1 aliphatic rings. The highest BCUT2D eigenvalue weighted by Crippen LogP contribution is 2.44. The van der Waals surface area contributed by atoms with Crippen LogP contribution in [0.3, 0.4) is 0 Å². The molecule has 4 rings (SSSR count). The van der Waals surface area contributed by atoms with Gasteiger partial charge in [-0.25, -0.2) is 9.59 Å². The Hall–Kier alpha value is -3.60. The molecule has 1 atom stereocenters. The number of carboxylic acids is 1. The Labute approximate surface area is 181 Å². The number of fused-ring (bicyclic) bond motifs is 3. The van der Waals surface area contributed by atoms with Gasteiger partial charge in [-0.15, -0.1) is 0 Å². The molecule has 1 amide bonds. The highest BCUT2D eigenvalue weighted by atomic mass is 16.5. The minimum atomic E-state index is -1.09. The van der Waals surface area contributed by atoms with Crippen LogP contribution in [0.4, 0.5) is 4.79 Å². The summed E-state index contributed by atoms with van der Waals surface area (Å²) in [6.45, 7) is 4.07. The molecule has 0 aromatic heterocycles. The molecule has 0 unspecified atom stereocenters. The van der Waals surface area contributed by atoms with Crippen molar-refractivity contribution in [3.8, 4) is 11.1 Å². The van der Waals surface area contributed by atoms with Gasteiger partial charge in [0.05, 0.1) is 0 Å². The second-order valence-corrected chi connectivity index (χ2v) is 7.99. The lowest BCUT2D eigenvalue weighted by Crippen LogP contribution is -2.43. The first-order chi connectivity index (χ1) is 14.9. The molecule has 31 heavy (non-hydrogen) atoms. The third kappa shape index (κ3) is 4.31. The topological polar surface area (TPSA) is 75.6 Å². The number of aliphatic carboxylic acids is 1. The number of ether oxygens (including phenoxy) is 1. The minimum absolute atomic E-state index is 0.0687. The summed E-state index contributed by atoms with van der Waals surface area (Å²) in [7, 11) is 0. The summed E-state index contributed by atoms with van der Waals surface area (Å²) >= 11 is 0. The van der Waals surface area contributed by atoms with Crippen LogP contribution in [0.2, 0.25) is 0 Å². The first-order valence-electron chi connectivity index (χ1n) is 10.3. The maximum Gasteiger partial charge on any atom is 0.407 e. The zero-order valence-corrected chi connectivity index (χ0v) is 17.6. The number of alkyl carbamates (subject to hydrolysis) is 1. The second kappa shape index (κ2) is 8.64. The van der Waals surface area contributed by atoms with E-state index in [-0.39, 0.29) is 18.9 Å². The number of hydrogen-bond acceptors (Lipinski definition) is 3. The van der Waals surface area contributed by atoms with Gasteiger partial charge in [0, 0.05) is 12.3 Å². The summed E-state index contributed by atoms with van der Waals surface area (Å²) in [6.07, 6.45) is -0.523. The molecule has 5 heteroatoms. The number of amides is 1. The number of rotatable bonds is 6. The smallest absolute Gasteiger partial charge is 0.407 e. The van der Waals surface area contributed by atoms with Crippen molar-refractivity contribution in [2.75, 3.05) is 6.61 Å². The largest absolute Gasteiger partial charge is 0.480 e. The van der Waals surface area contributed by atoms with Gasteiger partial charge in [-0.3, -0.25) is 0 Å². The lowest BCUT2D eigenvalue weighted by molar-refractivity contribution is -0.139. The number of carboxylic acid groups (broad SMARTS) is 1. The van der Waals surface area contributed by atoms with Gasteiger partial charge in [0.25, 0.3) is 0 Å². The average molecular weight is 415 g/mol. The molecule has 3 aromatic carbocycles. The van der Waals surface area contributed by atoms with E-state index in [4.69, 9.17) is 4.74 Å². The maximum atomic E-state index is 12.5. The molecule has 0 fully saturated rings. The molecule has 0 aliphatic heterocycles. The van der Waals surface area contributed by atoms with E-state index in [1.165, 1.54) is 0 Å². The molecule has 0 radical (unpaired) electrons. The first-order valence-corrected chi connectivity index (χ1v) is 10.3. The lowest BCUT2D eigenvalue weighted by Gasteiger charge is -2.18. The van der Waals surface area contributed by atoms with Crippen LogP contribution < -0.4 is 5.32 Å². The minimum Gasteiger partial charge on any atom is -0.480 e. The van der Waals surface area contributed by atoms with Crippen LogP contribution in [-0.4, -0.2) is 29.8 Å². The predicted octanol–water partition coefficient (Wildman–Crippen LogP) is 4.84. The zero-order chi connectivity index (χ0) is 22.0. The van der Waals surface area contributed by atoms with E-state index in [1.54, 1.807) is 0 Å². The normalized spacial score (nSPS) is 13.2. The van der Waals surface area contributed by atoms with Crippen LogP contribution in [0.1, 0.15) is 33.7 Å². The Kier molecular flexibility index (Phi) is 5.76. The Balaban J connectivity index is 1.44. The van der Waals surface area contributed by atoms with E-state index in [1.807, 2.05) is 68.4 Å². The van der Waals surface area contributed by atoms with Crippen molar-refractivity contribution < 1.29 is 19.4 Å². The Morgan fingerprint density at radius 2 is 1.58 bits per heavy atom. The SMILES string of the molecule is Cc1ccc(C[C@H](NC(=O)OCC2c3ccccc3-c3ccccc32)C(=O)O)c(C)c1. The summed E-state index contributed by atoms with van der Waals surface area (Å²) in [4.78, 5) is 24.2. The van der Waals surface area contributed by atoms with Gasteiger partial charge in [-0.1, -0.05) is 72.3 Å². The van der Waals surface area contributed by atoms with Crippen molar-refractivity contribution in [1.82, 2.24) is 5.32 Å². The molecule has 2 N–H and O–H groups in total. The standard InChI is InChI=1S/C26H25NO4/c1-16-11-12-18(17(2)13-16)14-24(25(28)29)27-26(30)31-15-23-21-9-5-3-7-19(21)20-8-4-6-10-22(20)23/h3-13,23-24H,14-15H2,1-2H3,(H,27,30)(H,28,29)/t24-/m0/s1. The fourth-order valence-electron chi connectivity index (χ4n) is 4.28. The summed E-state index contributed by atoms with van der Waals surface area (Å²) in [5.74, 6) is -1.16. The van der Waals surface area contributed by atoms with E-state index in [0.29, 0.717) is 0 Å². The monoisotopic (exact) mass is 415 g/mol. The maximum absolute atomic E-state index is 12.5. The number of benzene rings is 3. The molecule has 0 spiro atoms. The van der Waals surface area contributed by atoms with E-state index in [0.717, 1.165) is 38.9 Å². The third-order valence-corrected chi connectivity index (χ3v) is 5.86. The molecule has 5 nitrogen and oxygen atoms in total. The highest BCUT2D eigenvalue weighted by Gasteiger charge is 2.29. The molecule has 0 saturated heterocycles. The van der Waals surface area contributed by atoms with Gasteiger partial charge in [0.2, 0.25) is 0 Å². The summed E-state index contributed by atoms with van der Waals surface area (Å²) in [6, 6.07) is 20.9. The quantitative estimate of drug-likeness (QED) is 0.604. The van der Waals surface area contributed by atoms with Crippen LogP contribution in [-0.2, 0) is 16.0 Å². The number of carbonyl (C=O) groups is 2. The fraction of sp³-hybridized carbons (Fsp3) is 0.231. The second-order valence-electron chi connectivity index (χ2n) is 7.99. The van der Waals surface area contributed by atoms with Crippen molar-refractivity contribution in [3.63, 3.8) is 0 Å². The van der Waals surface area contributed by atoms with Crippen LogP contribution >= 0.6 is 0 Å². The molecule has 0 heterocycles. The summed E-state index contributed by atoms with van der Waals surface area (Å²) < 4.78 is 5.49. The first kappa shape index (κ1) is 20.7. The molecule has 0 bridgehead atoms. The Morgan fingerprint density at radius 1 is 0.968 bits per heavy atom. The van der Waals surface area contributed by atoms with E-state index in [9.17, 15) is 14.7 Å². The van der Waals surface area contributed by atoms with Gasteiger partial charge in [0.1, 0.15) is 12.6 Å². The van der Waals surface area contributed by atoms with Gasteiger partial charge in [-0.05, 0) is 47.2 Å². The van der Waals surface area contributed by atoms with Crippen molar-refractivity contribution in [2.45, 2.75) is 32.2 Å². The fourth-order valence-corrected chi connectivity index (χ4v) is 4.28. The molecular weight excluding hydrogens is 390 g/mol. The molecule has 3 aromatic rings. The molecule has 0 saturated carbocycles. The van der Waals surface area contributed by atoms with Gasteiger partial charge in [0.15, 0.2) is 0 Å². The van der Waals surface area contributed by atoms with Crippen molar-refractivity contribution in [1.29, 1.82) is 0 Å². The van der Waals surface area contributed by atoms with Crippen molar-refractivity contribution in [3.05, 3.63) is 94.5 Å². The highest BCUT2D eigenvalue weighted by molar-refractivity contribution is 5.81. The van der Waals surface area contributed by atoms with Crippen molar-refractivity contribution in [2.24, 2.45) is 0 Å². The number of nitrogens with one attached hydrogen (secondary N) is 1. The number of aryl methyl sites for hydroxylation is 2. The summed E-state index contributed by atoms with van der Waals surface area (Å²) in [5.41, 5.74) is 7.51. The van der Waals surface area contributed by atoms with Crippen LogP contribution in [0, 0.1) is 13.8 Å². The lowest BCUT2D eigenvalue weighted by atomic mass is 9.98. The molecule has 1 aliphatic carbocycles. The van der Waals surface area contributed by atoms with E-state index in [2.05, 4.69) is 17.4 Å². The van der Waals surface area contributed by atoms with Crippen LogP contribution in [0.25, 0.3) is 11.1 Å². The van der Waals surface area contributed by atoms with Crippen LogP contribution in [0.5, 0.6) is 0 Å². The van der Waals surface area contributed by atoms with Gasteiger partial charge in [-0.2, -0.15) is 0 Å². The average Bonchev–Trinajstić information content (AvgIpc) is 3.07. The van der Waals surface area contributed by atoms with E-state index < -0.39 is 18.1 Å². The van der Waals surface area contributed by atoms with E-state index >= 15 is 0 Å². The predicted molar refractivity (Wildman–Crippen MR) is 119 cm³/mol. The zero-order valence-electron chi connectivity index (χ0n) is 17.6. The Morgan fingerprint density at radius 3 is 2.16 bits per heavy atom. The third-order valence-electron chi connectivity index (χ3n) is 5.86. The molecular formula is C26H25NO4. The van der Waals surface area contributed by atoms with Gasteiger partial charge >= 0.3 is 12.1 Å². The van der Waals surface area contributed by atoms with Crippen molar-refractivity contribution >= 4 is 12.1 Å². The Bertz CT molecular complexity index is 1090. The number of carbonyl (C=O) groups excluding carboxylic acids is 1. The van der Waals surface area contributed by atoms with Gasteiger partial charge < -0.3 is 15.2 Å². The number of hydrogen-bond donors (Lipinski definition) is 2. The van der Waals surface area contributed by atoms with Crippen LogP contribution in [0.15, 0.2) is 66.7 Å².